The molecule has 1 saturated heterocycles. The lowest BCUT2D eigenvalue weighted by Gasteiger charge is -2.34. The van der Waals surface area contributed by atoms with Gasteiger partial charge in [-0.25, -0.2) is 4.79 Å². The molecule has 1 aliphatic heterocycles. The van der Waals surface area contributed by atoms with E-state index in [1.807, 2.05) is 0 Å². The van der Waals surface area contributed by atoms with Gasteiger partial charge in [-0.05, 0) is 30.4 Å². The smallest absolute Gasteiger partial charge is 0.330 e. The molecule has 0 radical (unpaired) electrons. The average molecular weight is 409 g/mol. The molecule has 8 heteroatoms. The van der Waals surface area contributed by atoms with Crippen LogP contribution in [-0.4, -0.2) is 47.1 Å². The van der Waals surface area contributed by atoms with E-state index in [4.69, 9.17) is 9.15 Å². The predicted molar refractivity (Wildman–Crippen MR) is 105 cm³/mol. The molecule has 2 amide bonds. The van der Waals surface area contributed by atoms with Crippen molar-refractivity contribution < 1.29 is 23.5 Å². The number of carbonyl (C=O) groups is 3. The maximum Gasteiger partial charge on any atom is 0.330 e. The Morgan fingerprint density at radius 1 is 1.32 bits per heavy atom. The number of hydrogen-bond donors (Lipinski definition) is 1. The first kappa shape index (κ1) is 20.8. The molecule has 2 fully saturated rings. The molecule has 3 rings (SSSR count). The van der Waals surface area contributed by atoms with Crippen molar-refractivity contribution in [1.82, 2.24) is 10.2 Å². The van der Waals surface area contributed by atoms with Crippen molar-refractivity contribution in [2.24, 2.45) is 11.8 Å². The standard InChI is InChI=1S/C20H28N2O5S/c1-12-6-4-7-15(13(12)2)21-18(24)10-27-20(25)16-11-28-19(22(16)14(3)23)17-8-5-9-26-17/h5,8-9,12-13,15-16,19H,4,6-7,10-11H2,1-3H3,(H,21,24)/t12-,13+,15+,16-,19+/m0/s1. The number of carbonyl (C=O) groups excluding carboxylic acids is 3. The van der Waals surface area contributed by atoms with Crippen LogP contribution in [0.15, 0.2) is 22.8 Å². The fourth-order valence-electron chi connectivity index (χ4n) is 3.99. The Hall–Kier alpha value is -1.96. The monoisotopic (exact) mass is 408 g/mol. The van der Waals surface area contributed by atoms with Gasteiger partial charge in [0, 0.05) is 18.7 Å². The normalized spacial score (nSPS) is 30.1. The van der Waals surface area contributed by atoms with Crippen LogP contribution in [0.25, 0.3) is 0 Å². The van der Waals surface area contributed by atoms with Crippen LogP contribution in [-0.2, 0) is 19.1 Å². The number of thioether (sulfide) groups is 1. The molecule has 2 heterocycles. The highest BCUT2D eigenvalue weighted by Gasteiger charge is 2.43. The summed E-state index contributed by atoms with van der Waals surface area (Å²) in [5.74, 6) is 0.916. The quantitative estimate of drug-likeness (QED) is 0.754. The molecule has 0 spiro atoms. The first-order chi connectivity index (χ1) is 13.4. The Balaban J connectivity index is 1.54. The summed E-state index contributed by atoms with van der Waals surface area (Å²) in [5, 5.41) is 2.64. The van der Waals surface area contributed by atoms with Crippen molar-refractivity contribution in [3.63, 3.8) is 0 Å². The van der Waals surface area contributed by atoms with Gasteiger partial charge in [-0.2, -0.15) is 0 Å². The molecule has 5 atom stereocenters. The molecule has 7 nitrogen and oxygen atoms in total. The summed E-state index contributed by atoms with van der Waals surface area (Å²) in [6.07, 6.45) is 4.77. The lowest BCUT2D eigenvalue weighted by Crippen LogP contribution is -2.46. The lowest BCUT2D eigenvalue weighted by molar-refractivity contribution is -0.156. The Bertz CT molecular complexity index is 707. The molecule has 1 saturated carbocycles. The number of ether oxygens (including phenoxy) is 1. The van der Waals surface area contributed by atoms with E-state index in [-0.39, 0.29) is 29.8 Å². The molecule has 2 aliphatic rings. The first-order valence-electron chi connectivity index (χ1n) is 9.78. The third-order valence-electron chi connectivity index (χ3n) is 5.82. The minimum Gasteiger partial charge on any atom is -0.466 e. The van der Waals surface area contributed by atoms with E-state index < -0.39 is 12.0 Å². The Labute approximate surface area is 169 Å². The number of furan rings is 1. The van der Waals surface area contributed by atoms with Crippen molar-refractivity contribution in [3.05, 3.63) is 24.2 Å². The molecule has 28 heavy (non-hydrogen) atoms. The third-order valence-corrected chi connectivity index (χ3v) is 7.10. The zero-order valence-corrected chi connectivity index (χ0v) is 17.4. The topological polar surface area (TPSA) is 88.8 Å². The van der Waals surface area contributed by atoms with E-state index in [0.29, 0.717) is 23.3 Å². The van der Waals surface area contributed by atoms with Crippen LogP contribution >= 0.6 is 11.8 Å². The van der Waals surface area contributed by atoms with Crippen LogP contribution in [0.3, 0.4) is 0 Å². The van der Waals surface area contributed by atoms with Gasteiger partial charge in [-0.3, -0.25) is 9.59 Å². The predicted octanol–water partition coefficient (Wildman–Crippen LogP) is 2.73. The van der Waals surface area contributed by atoms with Gasteiger partial charge in [-0.15, -0.1) is 11.8 Å². The summed E-state index contributed by atoms with van der Waals surface area (Å²) >= 11 is 1.45. The number of esters is 1. The van der Waals surface area contributed by atoms with Gasteiger partial charge >= 0.3 is 5.97 Å². The molecule has 1 aromatic rings. The number of nitrogens with one attached hydrogen (secondary N) is 1. The van der Waals surface area contributed by atoms with Crippen LogP contribution in [0.5, 0.6) is 0 Å². The van der Waals surface area contributed by atoms with E-state index in [1.54, 1.807) is 12.1 Å². The maximum absolute atomic E-state index is 12.5. The number of hydrogen-bond acceptors (Lipinski definition) is 6. The molecule has 0 aromatic carbocycles. The van der Waals surface area contributed by atoms with Crippen molar-refractivity contribution in [2.45, 2.75) is 57.5 Å². The van der Waals surface area contributed by atoms with Gasteiger partial charge in [-0.1, -0.05) is 26.7 Å². The Morgan fingerprint density at radius 3 is 2.79 bits per heavy atom. The highest BCUT2D eigenvalue weighted by molar-refractivity contribution is 7.99. The molecule has 1 aromatic heterocycles. The fraction of sp³-hybridized carbons (Fsp3) is 0.650. The van der Waals surface area contributed by atoms with Gasteiger partial charge in [0.2, 0.25) is 5.91 Å². The van der Waals surface area contributed by atoms with E-state index in [2.05, 4.69) is 19.2 Å². The van der Waals surface area contributed by atoms with Crippen molar-refractivity contribution in [2.75, 3.05) is 12.4 Å². The highest BCUT2D eigenvalue weighted by Crippen LogP contribution is 2.41. The average Bonchev–Trinajstić information content (AvgIpc) is 3.32. The zero-order chi connectivity index (χ0) is 20.3. The first-order valence-corrected chi connectivity index (χ1v) is 10.8. The molecular weight excluding hydrogens is 380 g/mol. The molecule has 1 N–H and O–H groups in total. The number of amides is 2. The summed E-state index contributed by atoms with van der Waals surface area (Å²) in [6, 6.07) is 2.92. The molecule has 0 bridgehead atoms. The van der Waals surface area contributed by atoms with Gasteiger partial charge in [0.25, 0.3) is 5.91 Å². The summed E-state index contributed by atoms with van der Waals surface area (Å²) in [6.45, 7) is 5.44. The summed E-state index contributed by atoms with van der Waals surface area (Å²) in [5.41, 5.74) is 0. The molecule has 154 valence electrons. The van der Waals surface area contributed by atoms with E-state index >= 15 is 0 Å². The third kappa shape index (κ3) is 4.54. The number of rotatable bonds is 5. The fourth-order valence-corrected chi connectivity index (χ4v) is 5.41. The Kier molecular flexibility index (Phi) is 6.69. The second-order valence-electron chi connectivity index (χ2n) is 7.69. The van der Waals surface area contributed by atoms with Crippen LogP contribution in [0, 0.1) is 11.8 Å². The molecular formula is C20H28N2O5S. The van der Waals surface area contributed by atoms with Gasteiger partial charge in [0.15, 0.2) is 6.61 Å². The minimum absolute atomic E-state index is 0.119. The van der Waals surface area contributed by atoms with Crippen LogP contribution < -0.4 is 5.32 Å². The van der Waals surface area contributed by atoms with Crippen LogP contribution in [0.4, 0.5) is 0 Å². The molecule has 1 aliphatic carbocycles. The van der Waals surface area contributed by atoms with E-state index in [9.17, 15) is 14.4 Å². The van der Waals surface area contributed by atoms with Gasteiger partial charge < -0.3 is 19.4 Å². The maximum atomic E-state index is 12.5. The van der Waals surface area contributed by atoms with E-state index in [1.165, 1.54) is 36.3 Å². The Morgan fingerprint density at radius 2 is 2.11 bits per heavy atom. The second-order valence-corrected chi connectivity index (χ2v) is 8.81. The summed E-state index contributed by atoms with van der Waals surface area (Å²) in [4.78, 5) is 38.4. The summed E-state index contributed by atoms with van der Waals surface area (Å²) < 4.78 is 10.6. The lowest BCUT2D eigenvalue weighted by atomic mass is 9.78. The van der Waals surface area contributed by atoms with Crippen molar-refractivity contribution >= 4 is 29.5 Å². The highest BCUT2D eigenvalue weighted by atomic mass is 32.2. The summed E-state index contributed by atoms with van der Waals surface area (Å²) in [7, 11) is 0. The SMILES string of the molecule is CC(=O)N1[C@@H](c2ccco2)SC[C@H]1C(=O)OCC(=O)N[C@@H]1CCC[C@H](C)[C@H]1C. The van der Waals surface area contributed by atoms with E-state index in [0.717, 1.165) is 12.8 Å². The van der Waals surface area contributed by atoms with Crippen molar-refractivity contribution in [1.29, 1.82) is 0 Å². The second kappa shape index (κ2) is 9.03. The van der Waals surface area contributed by atoms with Gasteiger partial charge in [0.1, 0.15) is 17.2 Å². The number of nitrogens with zero attached hydrogens (tertiary/aromatic N) is 1. The van der Waals surface area contributed by atoms with Crippen LogP contribution in [0.2, 0.25) is 0 Å². The molecule has 0 unspecified atom stereocenters. The van der Waals surface area contributed by atoms with Crippen LogP contribution in [0.1, 0.15) is 51.2 Å². The van der Waals surface area contributed by atoms with Crippen molar-refractivity contribution in [3.8, 4) is 0 Å². The zero-order valence-electron chi connectivity index (χ0n) is 16.6. The largest absolute Gasteiger partial charge is 0.466 e. The minimum atomic E-state index is -0.723. The van der Waals surface area contributed by atoms with Gasteiger partial charge in [0.05, 0.1) is 6.26 Å².